The first kappa shape index (κ1) is 14.5. The lowest BCUT2D eigenvalue weighted by Crippen LogP contribution is -2.04. The van der Waals surface area contributed by atoms with E-state index in [9.17, 15) is 4.79 Å². The van der Waals surface area contributed by atoms with Crippen LogP contribution in [-0.4, -0.2) is 5.78 Å². The fourth-order valence-corrected chi connectivity index (χ4v) is 3.31. The van der Waals surface area contributed by atoms with E-state index in [-0.39, 0.29) is 5.41 Å². The molecule has 0 aliphatic heterocycles. The Morgan fingerprint density at radius 1 is 1.21 bits per heavy atom. The highest BCUT2D eigenvalue weighted by Gasteiger charge is 2.34. The number of hydrogen-bond donors (Lipinski definition) is 0. The molecule has 1 nitrogen and oxygen atoms in total. The van der Waals surface area contributed by atoms with Crippen molar-refractivity contribution in [3.8, 4) is 0 Å². The van der Waals surface area contributed by atoms with Crippen LogP contribution in [0.5, 0.6) is 0 Å². The molecule has 0 unspecified atom stereocenters. The van der Waals surface area contributed by atoms with Crippen molar-refractivity contribution < 1.29 is 4.79 Å². The summed E-state index contributed by atoms with van der Waals surface area (Å²) in [4.78, 5) is 12.0. The third-order valence-corrected chi connectivity index (χ3v) is 4.54. The molecule has 0 spiro atoms. The van der Waals surface area contributed by atoms with Crippen LogP contribution < -0.4 is 0 Å². The first-order chi connectivity index (χ1) is 8.98. The number of aryl methyl sites for hydroxylation is 1. The second-order valence-corrected chi connectivity index (χ2v) is 7.12. The molecule has 0 N–H and O–H groups in total. The van der Waals surface area contributed by atoms with Gasteiger partial charge in [-0.25, -0.2) is 0 Å². The number of carbonyl (C=O) groups is 1. The predicted octanol–water partition coefficient (Wildman–Crippen LogP) is 5.05. The van der Waals surface area contributed by atoms with Crippen LogP contribution >= 0.6 is 15.9 Å². The number of halogens is 1. The van der Waals surface area contributed by atoms with Crippen molar-refractivity contribution in [2.24, 2.45) is 5.41 Å². The summed E-state index contributed by atoms with van der Waals surface area (Å²) in [6, 6.07) is 10.5. The molecule has 1 aliphatic carbocycles. The molecule has 1 aromatic rings. The SMILES string of the molecule is CC1(C)CC(=O)/C(=C(/Br)CCCc2ccccc2)C1. The second-order valence-electron chi connectivity index (χ2n) is 6.16. The molecule has 1 aliphatic rings. The zero-order valence-electron chi connectivity index (χ0n) is 11.7. The molecule has 1 saturated carbocycles. The summed E-state index contributed by atoms with van der Waals surface area (Å²) in [6.07, 6.45) is 4.72. The molecule has 2 heteroatoms. The van der Waals surface area contributed by atoms with Gasteiger partial charge in [0, 0.05) is 16.5 Å². The Kier molecular flexibility index (Phi) is 4.62. The molecular formula is C17H21BrO. The monoisotopic (exact) mass is 320 g/mol. The largest absolute Gasteiger partial charge is 0.295 e. The second kappa shape index (κ2) is 6.04. The van der Waals surface area contributed by atoms with Gasteiger partial charge in [-0.05, 0) is 36.7 Å². The van der Waals surface area contributed by atoms with Gasteiger partial charge in [-0.15, -0.1) is 0 Å². The van der Waals surface area contributed by atoms with E-state index in [2.05, 4.69) is 54.0 Å². The summed E-state index contributed by atoms with van der Waals surface area (Å²) in [6.45, 7) is 4.34. The fraction of sp³-hybridized carbons (Fsp3) is 0.471. The minimum Gasteiger partial charge on any atom is -0.295 e. The maximum atomic E-state index is 12.0. The number of rotatable bonds is 4. The highest BCUT2D eigenvalue weighted by atomic mass is 79.9. The first-order valence-corrected chi connectivity index (χ1v) is 7.72. The van der Waals surface area contributed by atoms with E-state index >= 15 is 0 Å². The van der Waals surface area contributed by atoms with Gasteiger partial charge in [0.2, 0.25) is 0 Å². The quantitative estimate of drug-likeness (QED) is 0.710. The number of allylic oxidation sites excluding steroid dienone is 2. The summed E-state index contributed by atoms with van der Waals surface area (Å²) < 4.78 is 1.12. The number of benzene rings is 1. The maximum absolute atomic E-state index is 12.0. The van der Waals surface area contributed by atoms with Crippen molar-refractivity contribution in [2.75, 3.05) is 0 Å². The van der Waals surface area contributed by atoms with Crippen LogP contribution in [0, 0.1) is 5.41 Å². The van der Waals surface area contributed by atoms with Crippen LogP contribution in [0.25, 0.3) is 0 Å². The number of carbonyl (C=O) groups excluding carboxylic acids is 1. The molecule has 0 amide bonds. The standard InChI is InChI=1S/C17H21BrO/c1-17(2)11-14(16(19)12-17)15(18)10-6-9-13-7-4-3-5-8-13/h3-5,7-8H,6,9-12H2,1-2H3/b15-14+. The van der Waals surface area contributed by atoms with Crippen molar-refractivity contribution in [1.29, 1.82) is 0 Å². The molecule has 19 heavy (non-hydrogen) atoms. The highest BCUT2D eigenvalue weighted by molar-refractivity contribution is 9.11. The molecule has 2 rings (SSSR count). The Morgan fingerprint density at radius 2 is 1.89 bits per heavy atom. The Hall–Kier alpha value is -0.890. The molecule has 1 fully saturated rings. The Bertz CT molecular complexity index is 485. The number of hydrogen-bond acceptors (Lipinski definition) is 1. The summed E-state index contributed by atoms with van der Waals surface area (Å²) in [5, 5.41) is 0. The van der Waals surface area contributed by atoms with Crippen LogP contribution in [0.15, 0.2) is 40.4 Å². The molecule has 0 heterocycles. The van der Waals surface area contributed by atoms with Gasteiger partial charge in [0.15, 0.2) is 5.78 Å². The van der Waals surface area contributed by atoms with E-state index in [0.717, 1.165) is 35.7 Å². The van der Waals surface area contributed by atoms with Crippen molar-refractivity contribution in [3.05, 3.63) is 46.0 Å². The van der Waals surface area contributed by atoms with Gasteiger partial charge in [0.25, 0.3) is 0 Å². The lowest BCUT2D eigenvalue weighted by atomic mass is 9.91. The molecule has 0 bridgehead atoms. The van der Waals surface area contributed by atoms with Gasteiger partial charge in [-0.2, -0.15) is 0 Å². The van der Waals surface area contributed by atoms with E-state index in [0.29, 0.717) is 12.2 Å². The first-order valence-electron chi connectivity index (χ1n) is 6.93. The van der Waals surface area contributed by atoms with Gasteiger partial charge in [0.1, 0.15) is 0 Å². The Balaban J connectivity index is 1.91. The minimum absolute atomic E-state index is 0.144. The molecule has 0 atom stereocenters. The molecule has 0 radical (unpaired) electrons. The summed E-state index contributed by atoms with van der Waals surface area (Å²) >= 11 is 3.63. The average molecular weight is 321 g/mol. The van der Waals surface area contributed by atoms with Crippen LogP contribution in [0.2, 0.25) is 0 Å². The number of ketones is 1. The smallest absolute Gasteiger partial charge is 0.160 e. The van der Waals surface area contributed by atoms with Gasteiger partial charge in [-0.3, -0.25) is 4.79 Å². The number of Topliss-reactive ketones (excluding diaryl/α,β-unsaturated/α-hetero) is 1. The fourth-order valence-electron chi connectivity index (χ4n) is 2.67. The molecule has 0 saturated heterocycles. The van der Waals surface area contributed by atoms with E-state index < -0.39 is 0 Å². The van der Waals surface area contributed by atoms with Crippen LogP contribution in [0.3, 0.4) is 0 Å². The van der Waals surface area contributed by atoms with Crippen molar-refractivity contribution >= 4 is 21.7 Å². The van der Waals surface area contributed by atoms with Gasteiger partial charge < -0.3 is 0 Å². The maximum Gasteiger partial charge on any atom is 0.160 e. The Labute approximate surface area is 124 Å². The Morgan fingerprint density at radius 3 is 2.47 bits per heavy atom. The zero-order chi connectivity index (χ0) is 13.9. The van der Waals surface area contributed by atoms with E-state index in [1.807, 2.05) is 6.07 Å². The average Bonchev–Trinajstić information content (AvgIpc) is 2.64. The van der Waals surface area contributed by atoms with Crippen molar-refractivity contribution in [1.82, 2.24) is 0 Å². The normalized spacial score (nSPS) is 20.7. The van der Waals surface area contributed by atoms with Gasteiger partial charge >= 0.3 is 0 Å². The van der Waals surface area contributed by atoms with Crippen molar-refractivity contribution in [2.45, 2.75) is 46.0 Å². The zero-order valence-corrected chi connectivity index (χ0v) is 13.3. The van der Waals surface area contributed by atoms with Crippen LogP contribution in [0.1, 0.15) is 45.1 Å². The topological polar surface area (TPSA) is 17.1 Å². The molecular weight excluding hydrogens is 300 g/mol. The molecule has 102 valence electrons. The lowest BCUT2D eigenvalue weighted by molar-refractivity contribution is -0.115. The van der Waals surface area contributed by atoms with Gasteiger partial charge in [0.05, 0.1) is 0 Å². The van der Waals surface area contributed by atoms with E-state index in [4.69, 9.17) is 0 Å². The van der Waals surface area contributed by atoms with Crippen LogP contribution in [0.4, 0.5) is 0 Å². The minimum atomic E-state index is 0.144. The third kappa shape index (κ3) is 4.04. The molecule has 1 aromatic carbocycles. The lowest BCUT2D eigenvalue weighted by Gasteiger charge is -2.13. The summed E-state index contributed by atoms with van der Waals surface area (Å²) in [5.41, 5.74) is 2.54. The summed E-state index contributed by atoms with van der Waals surface area (Å²) in [7, 11) is 0. The van der Waals surface area contributed by atoms with E-state index in [1.54, 1.807) is 0 Å². The van der Waals surface area contributed by atoms with Gasteiger partial charge in [-0.1, -0.05) is 60.1 Å². The highest BCUT2D eigenvalue weighted by Crippen LogP contribution is 2.41. The predicted molar refractivity (Wildman–Crippen MR) is 83.4 cm³/mol. The van der Waals surface area contributed by atoms with Crippen molar-refractivity contribution in [3.63, 3.8) is 0 Å². The molecule has 0 aromatic heterocycles. The van der Waals surface area contributed by atoms with Crippen LogP contribution in [-0.2, 0) is 11.2 Å². The van der Waals surface area contributed by atoms with E-state index in [1.165, 1.54) is 5.56 Å². The summed E-state index contributed by atoms with van der Waals surface area (Å²) in [5.74, 6) is 0.330. The third-order valence-electron chi connectivity index (χ3n) is 3.66.